The lowest BCUT2D eigenvalue weighted by molar-refractivity contribution is -0.116. The van der Waals surface area contributed by atoms with Crippen molar-refractivity contribution in [2.75, 3.05) is 11.1 Å². The van der Waals surface area contributed by atoms with Gasteiger partial charge in [-0.1, -0.05) is 35.5 Å². The van der Waals surface area contributed by atoms with Crippen LogP contribution in [0.3, 0.4) is 0 Å². The molecule has 6 nitrogen and oxygen atoms in total. The number of carbonyl (C=O) groups is 1. The lowest BCUT2D eigenvalue weighted by atomic mass is 10.0. The van der Waals surface area contributed by atoms with Gasteiger partial charge < -0.3 is 11.1 Å². The third kappa shape index (κ3) is 6.00. The summed E-state index contributed by atoms with van der Waals surface area (Å²) in [5.41, 5.74) is 10.3. The van der Waals surface area contributed by atoms with Crippen molar-refractivity contribution in [2.45, 2.75) is 25.8 Å². The average molecular weight is 447 g/mol. The quantitative estimate of drug-likeness (QED) is 0.386. The molecule has 0 radical (unpaired) electrons. The van der Waals surface area contributed by atoms with E-state index in [0.717, 1.165) is 16.7 Å². The first kappa shape index (κ1) is 22.1. The third-order valence-corrected chi connectivity index (χ3v) is 5.24. The highest BCUT2D eigenvalue weighted by Gasteiger charge is 2.10. The Balaban J connectivity index is 1.31. The number of carbonyl (C=O) groups excluding carboxylic acids is 1. The van der Waals surface area contributed by atoms with E-state index in [9.17, 15) is 13.6 Å². The zero-order chi connectivity index (χ0) is 23.2. The molecule has 3 aromatic carbocycles. The SMILES string of the molecule is Nc1ccc(-c2ccc(F)cc2)cc1NC(=O)CCc1cn(CCc2ccc(F)cc2)nn1. The molecule has 8 heteroatoms. The Morgan fingerprint density at radius 2 is 1.58 bits per heavy atom. The second-order valence-corrected chi connectivity index (χ2v) is 7.71. The number of hydrogen-bond donors (Lipinski definition) is 2. The number of nitrogen functional groups attached to an aromatic ring is 1. The van der Waals surface area contributed by atoms with Crippen LogP contribution in [0.5, 0.6) is 0 Å². The Morgan fingerprint density at radius 1 is 0.909 bits per heavy atom. The second kappa shape index (κ2) is 10.0. The van der Waals surface area contributed by atoms with E-state index in [1.54, 1.807) is 47.3 Å². The van der Waals surface area contributed by atoms with Crippen molar-refractivity contribution < 1.29 is 13.6 Å². The number of aryl methyl sites for hydroxylation is 3. The molecular weight excluding hydrogens is 424 g/mol. The van der Waals surface area contributed by atoms with E-state index in [1.807, 2.05) is 6.07 Å². The highest BCUT2D eigenvalue weighted by molar-refractivity contribution is 5.95. The van der Waals surface area contributed by atoms with Gasteiger partial charge >= 0.3 is 0 Å². The zero-order valence-electron chi connectivity index (χ0n) is 17.8. The first-order valence-electron chi connectivity index (χ1n) is 10.5. The van der Waals surface area contributed by atoms with E-state index in [0.29, 0.717) is 36.5 Å². The molecule has 0 spiro atoms. The van der Waals surface area contributed by atoms with Gasteiger partial charge in [-0.2, -0.15) is 0 Å². The van der Waals surface area contributed by atoms with Crippen molar-refractivity contribution in [1.82, 2.24) is 15.0 Å². The zero-order valence-corrected chi connectivity index (χ0v) is 17.8. The number of nitrogens with two attached hydrogens (primary N) is 1. The van der Waals surface area contributed by atoms with E-state index in [1.165, 1.54) is 24.3 Å². The Labute approximate surface area is 190 Å². The van der Waals surface area contributed by atoms with Gasteiger partial charge in [-0.05, 0) is 59.5 Å². The first-order valence-corrected chi connectivity index (χ1v) is 10.5. The van der Waals surface area contributed by atoms with Gasteiger partial charge in [0.2, 0.25) is 5.91 Å². The minimum absolute atomic E-state index is 0.196. The van der Waals surface area contributed by atoms with Crippen molar-refractivity contribution >= 4 is 17.3 Å². The molecule has 168 valence electrons. The molecule has 0 bridgehead atoms. The summed E-state index contributed by atoms with van der Waals surface area (Å²) in [6.07, 6.45) is 3.16. The van der Waals surface area contributed by atoms with Crippen LogP contribution in [0.15, 0.2) is 72.9 Å². The molecule has 0 aliphatic rings. The predicted molar refractivity (Wildman–Crippen MR) is 123 cm³/mol. The summed E-state index contributed by atoms with van der Waals surface area (Å²) in [6, 6.07) is 17.8. The lowest BCUT2D eigenvalue weighted by Crippen LogP contribution is -2.13. The number of anilines is 2. The molecule has 0 atom stereocenters. The molecule has 1 aromatic heterocycles. The fraction of sp³-hybridized carbons (Fsp3) is 0.160. The largest absolute Gasteiger partial charge is 0.397 e. The number of rotatable bonds is 8. The molecule has 1 heterocycles. The van der Waals surface area contributed by atoms with Crippen LogP contribution >= 0.6 is 0 Å². The molecule has 0 unspecified atom stereocenters. The molecule has 4 aromatic rings. The maximum Gasteiger partial charge on any atom is 0.224 e. The van der Waals surface area contributed by atoms with Crippen LogP contribution in [-0.2, 0) is 24.2 Å². The van der Waals surface area contributed by atoms with Gasteiger partial charge in [0.25, 0.3) is 0 Å². The van der Waals surface area contributed by atoms with Gasteiger partial charge in [0.05, 0.1) is 17.1 Å². The second-order valence-electron chi connectivity index (χ2n) is 7.71. The number of amides is 1. The van der Waals surface area contributed by atoms with E-state index < -0.39 is 0 Å². The summed E-state index contributed by atoms with van der Waals surface area (Å²) in [6.45, 7) is 0.609. The molecule has 0 aliphatic heterocycles. The minimum atomic E-state index is -0.310. The summed E-state index contributed by atoms with van der Waals surface area (Å²) in [7, 11) is 0. The van der Waals surface area contributed by atoms with Gasteiger partial charge in [0.1, 0.15) is 11.6 Å². The molecule has 0 saturated carbocycles. The van der Waals surface area contributed by atoms with E-state index in [4.69, 9.17) is 5.73 Å². The van der Waals surface area contributed by atoms with Crippen molar-refractivity contribution in [1.29, 1.82) is 0 Å². The van der Waals surface area contributed by atoms with Crippen LogP contribution in [0.2, 0.25) is 0 Å². The Kier molecular flexibility index (Phi) is 6.73. The summed E-state index contributed by atoms with van der Waals surface area (Å²) in [5, 5.41) is 11.0. The van der Waals surface area contributed by atoms with Crippen molar-refractivity contribution in [3.63, 3.8) is 0 Å². The number of aromatic nitrogens is 3. The van der Waals surface area contributed by atoms with E-state index >= 15 is 0 Å². The molecule has 33 heavy (non-hydrogen) atoms. The topological polar surface area (TPSA) is 85.8 Å². The molecule has 0 saturated heterocycles. The number of hydrogen-bond acceptors (Lipinski definition) is 4. The van der Waals surface area contributed by atoms with Crippen LogP contribution < -0.4 is 11.1 Å². The number of nitrogens with one attached hydrogen (secondary N) is 1. The maximum atomic E-state index is 13.2. The fourth-order valence-corrected chi connectivity index (χ4v) is 3.40. The molecule has 3 N–H and O–H groups in total. The maximum absolute atomic E-state index is 13.2. The highest BCUT2D eigenvalue weighted by atomic mass is 19.1. The minimum Gasteiger partial charge on any atom is -0.397 e. The van der Waals surface area contributed by atoms with Gasteiger partial charge in [0.15, 0.2) is 0 Å². The molecule has 0 fully saturated rings. The number of nitrogens with zero attached hydrogens (tertiary/aromatic N) is 3. The molecule has 1 amide bonds. The van der Waals surface area contributed by atoms with Crippen molar-refractivity contribution in [3.05, 3.63) is 95.8 Å². The van der Waals surface area contributed by atoms with Gasteiger partial charge in [-0.3, -0.25) is 9.48 Å². The molecular formula is C25H23F2N5O. The summed E-state index contributed by atoms with van der Waals surface area (Å²) in [4.78, 5) is 12.5. The van der Waals surface area contributed by atoms with Crippen molar-refractivity contribution in [2.24, 2.45) is 0 Å². The van der Waals surface area contributed by atoms with E-state index in [-0.39, 0.29) is 24.0 Å². The fourth-order valence-electron chi connectivity index (χ4n) is 3.40. The summed E-state index contributed by atoms with van der Waals surface area (Å²) < 4.78 is 27.9. The number of benzene rings is 3. The third-order valence-electron chi connectivity index (χ3n) is 5.24. The van der Waals surface area contributed by atoms with Gasteiger partial charge in [-0.25, -0.2) is 8.78 Å². The van der Waals surface area contributed by atoms with Crippen LogP contribution in [0.25, 0.3) is 11.1 Å². The van der Waals surface area contributed by atoms with Gasteiger partial charge in [-0.15, -0.1) is 5.10 Å². The van der Waals surface area contributed by atoms with Crippen LogP contribution in [0.4, 0.5) is 20.2 Å². The smallest absolute Gasteiger partial charge is 0.224 e. The predicted octanol–water partition coefficient (Wildman–Crippen LogP) is 4.62. The average Bonchev–Trinajstić information content (AvgIpc) is 3.27. The Morgan fingerprint density at radius 3 is 2.30 bits per heavy atom. The van der Waals surface area contributed by atoms with Crippen LogP contribution in [0, 0.1) is 11.6 Å². The van der Waals surface area contributed by atoms with E-state index in [2.05, 4.69) is 15.6 Å². The number of halogens is 2. The first-order chi connectivity index (χ1) is 16.0. The summed E-state index contributed by atoms with van der Waals surface area (Å²) in [5.74, 6) is -0.766. The lowest BCUT2D eigenvalue weighted by Gasteiger charge is -2.10. The Hall–Kier alpha value is -4.07. The van der Waals surface area contributed by atoms with Crippen molar-refractivity contribution in [3.8, 4) is 11.1 Å². The van der Waals surface area contributed by atoms with Crippen LogP contribution in [0.1, 0.15) is 17.7 Å². The molecule has 0 aliphatic carbocycles. The normalized spacial score (nSPS) is 10.8. The monoisotopic (exact) mass is 447 g/mol. The Bertz CT molecular complexity index is 1240. The van der Waals surface area contributed by atoms with Gasteiger partial charge in [0, 0.05) is 25.6 Å². The molecule has 4 rings (SSSR count). The standard InChI is InChI=1S/C25H23F2N5O/c26-20-6-1-17(2-7-20)13-14-32-16-22(30-31-32)10-12-25(33)29-24-15-19(5-11-23(24)28)18-3-8-21(27)9-4-18/h1-9,11,15-16H,10,12-14,28H2,(H,29,33). The van der Waals surface area contributed by atoms with Crippen LogP contribution in [-0.4, -0.2) is 20.9 Å². The highest BCUT2D eigenvalue weighted by Crippen LogP contribution is 2.27. The summed E-state index contributed by atoms with van der Waals surface area (Å²) >= 11 is 0.